The molecule has 5 rings (SSSR count). The summed E-state index contributed by atoms with van der Waals surface area (Å²) in [6.07, 6.45) is 1.87. The number of halogens is 1. The van der Waals surface area contributed by atoms with Crippen LogP contribution in [-0.2, 0) is 11.3 Å². The summed E-state index contributed by atoms with van der Waals surface area (Å²) < 4.78 is 13.9. The second-order valence-corrected chi connectivity index (χ2v) is 8.43. The molecule has 0 amide bonds. The van der Waals surface area contributed by atoms with Crippen LogP contribution in [0.5, 0.6) is 5.75 Å². The molecule has 0 radical (unpaired) electrons. The van der Waals surface area contributed by atoms with Crippen molar-refractivity contribution in [2.24, 2.45) is 0 Å². The van der Waals surface area contributed by atoms with E-state index in [1.165, 1.54) is 5.56 Å². The van der Waals surface area contributed by atoms with E-state index < -0.39 is 0 Å². The predicted molar refractivity (Wildman–Crippen MR) is 126 cm³/mol. The van der Waals surface area contributed by atoms with E-state index in [4.69, 9.17) is 14.6 Å². The summed E-state index contributed by atoms with van der Waals surface area (Å²) >= 11 is 3.61. The molecule has 158 valence electrons. The second kappa shape index (κ2) is 8.69. The molecule has 31 heavy (non-hydrogen) atoms. The van der Waals surface area contributed by atoms with Crippen molar-refractivity contribution in [3.8, 4) is 17.0 Å². The van der Waals surface area contributed by atoms with Crippen LogP contribution in [0, 0.1) is 0 Å². The molecule has 2 aromatic heterocycles. The van der Waals surface area contributed by atoms with Crippen LogP contribution < -0.4 is 9.64 Å². The van der Waals surface area contributed by atoms with E-state index in [9.17, 15) is 0 Å². The van der Waals surface area contributed by atoms with Crippen LogP contribution in [0.15, 0.2) is 65.3 Å². The summed E-state index contributed by atoms with van der Waals surface area (Å²) in [7, 11) is 1.68. The van der Waals surface area contributed by atoms with E-state index in [0.717, 1.165) is 64.5 Å². The summed E-state index contributed by atoms with van der Waals surface area (Å²) in [5.41, 5.74) is 4.29. The Morgan fingerprint density at radius 2 is 1.84 bits per heavy atom. The Bertz CT molecular complexity index is 1200. The van der Waals surface area contributed by atoms with Crippen LogP contribution in [0.1, 0.15) is 5.56 Å². The summed E-state index contributed by atoms with van der Waals surface area (Å²) in [6.45, 7) is 3.86. The van der Waals surface area contributed by atoms with Gasteiger partial charge in [-0.3, -0.25) is 4.68 Å². The first-order valence-electron chi connectivity index (χ1n) is 10.3. The van der Waals surface area contributed by atoms with E-state index in [1.54, 1.807) is 7.11 Å². The maximum atomic E-state index is 5.48. The van der Waals surface area contributed by atoms with Crippen molar-refractivity contribution in [1.82, 2.24) is 14.8 Å². The van der Waals surface area contributed by atoms with Crippen molar-refractivity contribution in [3.05, 3.63) is 70.8 Å². The van der Waals surface area contributed by atoms with Crippen molar-refractivity contribution in [3.63, 3.8) is 0 Å². The lowest BCUT2D eigenvalue weighted by Gasteiger charge is -2.27. The Kier molecular flexibility index (Phi) is 5.61. The lowest BCUT2D eigenvalue weighted by molar-refractivity contribution is 0.122. The standard InChI is InChI=1S/C24H23BrN4O2/c1-30-20-5-2-17(3-6-20)16-29-22-15-19(25)4-7-21(22)24(27-29)18-8-9-26-23(14-18)28-10-12-31-13-11-28/h2-9,14-15H,10-13,16H2,1H3. The van der Waals surface area contributed by atoms with Gasteiger partial charge in [-0.2, -0.15) is 5.10 Å². The van der Waals surface area contributed by atoms with Crippen LogP contribution in [-0.4, -0.2) is 48.2 Å². The molecule has 0 unspecified atom stereocenters. The minimum absolute atomic E-state index is 0.679. The third-order valence-corrected chi connectivity index (χ3v) is 6.05. The van der Waals surface area contributed by atoms with Gasteiger partial charge in [0.2, 0.25) is 0 Å². The number of hydrogen-bond acceptors (Lipinski definition) is 5. The maximum absolute atomic E-state index is 5.48. The van der Waals surface area contributed by atoms with Gasteiger partial charge < -0.3 is 14.4 Å². The lowest BCUT2D eigenvalue weighted by Crippen LogP contribution is -2.36. The topological polar surface area (TPSA) is 52.4 Å². The first kappa shape index (κ1) is 20.0. The highest BCUT2D eigenvalue weighted by atomic mass is 79.9. The summed E-state index contributed by atoms with van der Waals surface area (Å²) in [6, 6.07) is 18.6. The molecule has 6 nitrogen and oxygen atoms in total. The van der Waals surface area contributed by atoms with Gasteiger partial charge >= 0.3 is 0 Å². The molecule has 1 saturated heterocycles. The normalized spacial score (nSPS) is 14.2. The Morgan fingerprint density at radius 3 is 2.61 bits per heavy atom. The van der Waals surface area contributed by atoms with E-state index in [-0.39, 0.29) is 0 Å². The van der Waals surface area contributed by atoms with Gasteiger partial charge in [-0.1, -0.05) is 28.1 Å². The Morgan fingerprint density at radius 1 is 1.03 bits per heavy atom. The minimum Gasteiger partial charge on any atom is -0.497 e. The Labute approximate surface area is 189 Å². The van der Waals surface area contributed by atoms with Crippen molar-refractivity contribution in [1.29, 1.82) is 0 Å². The molecule has 1 aliphatic rings. The number of ether oxygens (including phenoxy) is 2. The van der Waals surface area contributed by atoms with Gasteiger partial charge in [0.1, 0.15) is 17.3 Å². The second-order valence-electron chi connectivity index (χ2n) is 7.52. The van der Waals surface area contributed by atoms with Crippen LogP contribution in [0.25, 0.3) is 22.2 Å². The number of nitrogens with zero attached hydrogens (tertiary/aromatic N) is 4. The third kappa shape index (κ3) is 4.16. The predicted octanol–water partition coefficient (Wildman–Crippen LogP) is 4.75. The summed E-state index contributed by atoms with van der Waals surface area (Å²) in [5, 5.41) is 6.14. The van der Waals surface area contributed by atoms with Gasteiger partial charge in [0, 0.05) is 34.7 Å². The fourth-order valence-corrected chi connectivity index (χ4v) is 4.26. The van der Waals surface area contributed by atoms with E-state index in [0.29, 0.717) is 6.54 Å². The molecule has 4 aromatic rings. The zero-order chi connectivity index (χ0) is 21.2. The number of methoxy groups -OCH3 is 1. The molecule has 0 spiro atoms. The minimum atomic E-state index is 0.679. The van der Waals surface area contributed by atoms with Crippen LogP contribution >= 0.6 is 15.9 Å². The fraction of sp³-hybridized carbons (Fsp3) is 0.250. The quantitative estimate of drug-likeness (QED) is 0.414. The first-order chi connectivity index (χ1) is 15.2. The van der Waals surface area contributed by atoms with Crippen molar-refractivity contribution in [2.45, 2.75) is 6.54 Å². The number of rotatable bonds is 5. The number of fused-ring (bicyclic) bond motifs is 1. The van der Waals surface area contributed by atoms with Crippen molar-refractivity contribution >= 4 is 32.7 Å². The number of benzene rings is 2. The molecular weight excluding hydrogens is 456 g/mol. The van der Waals surface area contributed by atoms with Gasteiger partial charge in [-0.05, 0) is 48.0 Å². The zero-order valence-corrected chi connectivity index (χ0v) is 18.9. The number of anilines is 1. The number of aromatic nitrogens is 3. The van der Waals surface area contributed by atoms with Gasteiger partial charge in [0.25, 0.3) is 0 Å². The molecule has 0 aliphatic carbocycles. The van der Waals surface area contributed by atoms with Crippen LogP contribution in [0.4, 0.5) is 5.82 Å². The lowest BCUT2D eigenvalue weighted by atomic mass is 10.1. The molecule has 2 aromatic carbocycles. The van der Waals surface area contributed by atoms with Crippen LogP contribution in [0.3, 0.4) is 0 Å². The van der Waals surface area contributed by atoms with Crippen molar-refractivity contribution < 1.29 is 9.47 Å². The molecule has 0 N–H and O–H groups in total. The monoisotopic (exact) mass is 478 g/mol. The Hall–Kier alpha value is -2.90. The molecule has 0 atom stereocenters. The maximum Gasteiger partial charge on any atom is 0.129 e. The van der Waals surface area contributed by atoms with E-state index >= 15 is 0 Å². The first-order valence-corrected chi connectivity index (χ1v) is 11.1. The number of morpholine rings is 1. The summed E-state index contributed by atoms with van der Waals surface area (Å²) in [5.74, 6) is 1.82. The number of pyridine rings is 1. The molecule has 0 bridgehead atoms. The van der Waals surface area contributed by atoms with E-state index in [2.05, 4.69) is 66.9 Å². The average Bonchev–Trinajstić information content (AvgIpc) is 3.17. The number of hydrogen-bond donors (Lipinski definition) is 0. The van der Waals surface area contributed by atoms with Gasteiger partial charge in [-0.25, -0.2) is 4.98 Å². The van der Waals surface area contributed by atoms with Gasteiger partial charge in [-0.15, -0.1) is 0 Å². The fourth-order valence-electron chi connectivity index (χ4n) is 3.92. The molecular formula is C24H23BrN4O2. The Balaban J connectivity index is 1.55. The SMILES string of the molecule is COc1ccc(Cn2nc(-c3ccnc(N4CCOCC4)c3)c3ccc(Br)cc32)cc1. The van der Waals surface area contributed by atoms with Crippen LogP contribution in [0.2, 0.25) is 0 Å². The average molecular weight is 479 g/mol. The van der Waals surface area contributed by atoms with E-state index in [1.807, 2.05) is 24.4 Å². The summed E-state index contributed by atoms with van der Waals surface area (Å²) in [4.78, 5) is 6.85. The molecule has 7 heteroatoms. The van der Waals surface area contributed by atoms with Gasteiger partial charge in [0.05, 0.1) is 32.4 Å². The largest absolute Gasteiger partial charge is 0.497 e. The molecule has 1 fully saturated rings. The zero-order valence-electron chi connectivity index (χ0n) is 17.3. The van der Waals surface area contributed by atoms with Crippen molar-refractivity contribution in [2.75, 3.05) is 38.3 Å². The smallest absolute Gasteiger partial charge is 0.129 e. The molecule has 0 saturated carbocycles. The highest BCUT2D eigenvalue weighted by Crippen LogP contribution is 2.32. The molecule has 3 heterocycles. The highest BCUT2D eigenvalue weighted by Gasteiger charge is 2.17. The molecule has 1 aliphatic heterocycles. The third-order valence-electron chi connectivity index (χ3n) is 5.56. The highest BCUT2D eigenvalue weighted by molar-refractivity contribution is 9.10. The van der Waals surface area contributed by atoms with Gasteiger partial charge in [0.15, 0.2) is 0 Å².